The molecular formula is C23H27N5O3. The molecular weight excluding hydrogens is 394 g/mol. The van der Waals surface area contributed by atoms with E-state index in [0.717, 1.165) is 37.2 Å². The van der Waals surface area contributed by atoms with E-state index in [9.17, 15) is 9.59 Å². The molecule has 8 heteroatoms. The van der Waals surface area contributed by atoms with Crippen LogP contribution in [-0.4, -0.2) is 43.6 Å². The number of pyridine rings is 2. The largest absolute Gasteiger partial charge is 0.339 e. The second-order valence-electron chi connectivity index (χ2n) is 8.77. The first kappa shape index (κ1) is 19.9. The van der Waals surface area contributed by atoms with Gasteiger partial charge in [0.05, 0.1) is 5.39 Å². The third-order valence-corrected chi connectivity index (χ3v) is 6.33. The van der Waals surface area contributed by atoms with E-state index < -0.39 is 0 Å². The van der Waals surface area contributed by atoms with Crippen molar-refractivity contribution in [2.45, 2.75) is 58.4 Å². The molecule has 3 aromatic heterocycles. The highest BCUT2D eigenvalue weighted by Crippen LogP contribution is 2.38. The molecule has 31 heavy (non-hydrogen) atoms. The molecule has 4 heterocycles. The van der Waals surface area contributed by atoms with Crippen LogP contribution in [0.25, 0.3) is 11.0 Å². The van der Waals surface area contributed by atoms with Crippen molar-refractivity contribution in [3.05, 3.63) is 51.5 Å². The van der Waals surface area contributed by atoms with E-state index in [-0.39, 0.29) is 22.8 Å². The Morgan fingerprint density at radius 1 is 1.23 bits per heavy atom. The maximum Gasteiger partial charge on any atom is 0.259 e. The molecule has 2 aliphatic rings. The lowest BCUT2D eigenvalue weighted by Crippen LogP contribution is -2.42. The number of aromatic nitrogens is 4. The number of nitrogens with zero attached hydrogens (tertiary/aromatic N) is 5. The van der Waals surface area contributed by atoms with Crippen LogP contribution in [0.5, 0.6) is 0 Å². The van der Waals surface area contributed by atoms with Crippen LogP contribution in [0.4, 0.5) is 0 Å². The molecule has 1 amide bonds. The van der Waals surface area contributed by atoms with Crippen molar-refractivity contribution < 1.29 is 9.32 Å². The summed E-state index contributed by atoms with van der Waals surface area (Å²) in [5.41, 5.74) is 1.45. The Morgan fingerprint density at radius 3 is 2.84 bits per heavy atom. The van der Waals surface area contributed by atoms with Crippen LogP contribution < -0.4 is 5.43 Å². The zero-order chi connectivity index (χ0) is 21.5. The molecule has 8 nitrogen and oxygen atoms in total. The third-order valence-electron chi connectivity index (χ3n) is 6.33. The summed E-state index contributed by atoms with van der Waals surface area (Å²) in [6.45, 7) is 5.77. The van der Waals surface area contributed by atoms with Crippen molar-refractivity contribution >= 4 is 16.9 Å². The summed E-state index contributed by atoms with van der Waals surface area (Å²) in [4.78, 5) is 37.3. The van der Waals surface area contributed by atoms with E-state index in [4.69, 9.17) is 4.52 Å². The van der Waals surface area contributed by atoms with E-state index in [1.165, 1.54) is 0 Å². The molecule has 1 aliphatic carbocycles. The molecule has 2 fully saturated rings. The second kappa shape index (κ2) is 7.90. The number of amides is 1. The Balaban J connectivity index is 1.37. The van der Waals surface area contributed by atoms with Gasteiger partial charge in [0.15, 0.2) is 5.82 Å². The van der Waals surface area contributed by atoms with Crippen LogP contribution in [0.15, 0.2) is 27.6 Å². The van der Waals surface area contributed by atoms with Gasteiger partial charge in [-0.1, -0.05) is 5.16 Å². The average molecular weight is 422 g/mol. The first-order chi connectivity index (χ1) is 15.0. The average Bonchev–Trinajstić information content (AvgIpc) is 3.53. The van der Waals surface area contributed by atoms with Gasteiger partial charge in [0.2, 0.25) is 11.3 Å². The number of fused-ring (bicyclic) bond motifs is 1. The van der Waals surface area contributed by atoms with Crippen LogP contribution in [0, 0.1) is 12.8 Å². The van der Waals surface area contributed by atoms with Crippen LogP contribution in [0.2, 0.25) is 0 Å². The van der Waals surface area contributed by atoms with Crippen molar-refractivity contribution in [3.8, 4) is 0 Å². The molecule has 0 radical (unpaired) electrons. The fourth-order valence-electron chi connectivity index (χ4n) is 4.45. The van der Waals surface area contributed by atoms with Crippen LogP contribution in [0.3, 0.4) is 0 Å². The van der Waals surface area contributed by atoms with Gasteiger partial charge in [-0.3, -0.25) is 9.59 Å². The number of likely N-dealkylation sites (tertiary alicyclic amines) is 1. The summed E-state index contributed by atoms with van der Waals surface area (Å²) < 4.78 is 7.32. The molecule has 0 aromatic carbocycles. The quantitative estimate of drug-likeness (QED) is 0.628. The summed E-state index contributed by atoms with van der Waals surface area (Å²) in [7, 11) is 0. The highest BCUT2D eigenvalue weighted by molar-refractivity contribution is 5.97. The number of carbonyl (C=O) groups excluding carboxylic acids is 1. The molecule has 1 atom stereocenters. The molecule has 5 rings (SSSR count). The summed E-state index contributed by atoms with van der Waals surface area (Å²) in [6.07, 6.45) is 6.52. The molecule has 1 aliphatic heterocycles. The minimum absolute atomic E-state index is 0.205. The van der Waals surface area contributed by atoms with E-state index in [2.05, 4.69) is 15.1 Å². The number of aryl methyl sites for hydroxylation is 2. The Labute approximate surface area is 180 Å². The fourth-order valence-corrected chi connectivity index (χ4v) is 4.45. The summed E-state index contributed by atoms with van der Waals surface area (Å²) >= 11 is 0. The molecule has 0 unspecified atom stereocenters. The van der Waals surface area contributed by atoms with Gasteiger partial charge in [-0.25, -0.2) is 4.98 Å². The minimum Gasteiger partial charge on any atom is -0.339 e. The highest BCUT2D eigenvalue weighted by atomic mass is 16.5. The Morgan fingerprint density at radius 2 is 2.06 bits per heavy atom. The molecule has 0 N–H and O–H groups in total. The summed E-state index contributed by atoms with van der Waals surface area (Å²) in [5, 5.41) is 4.59. The zero-order valence-electron chi connectivity index (χ0n) is 18.0. The maximum absolute atomic E-state index is 13.3. The van der Waals surface area contributed by atoms with Crippen LogP contribution in [0.1, 0.15) is 66.3 Å². The smallest absolute Gasteiger partial charge is 0.259 e. The second-order valence-corrected chi connectivity index (χ2v) is 8.77. The van der Waals surface area contributed by atoms with Crippen molar-refractivity contribution in [1.82, 2.24) is 24.6 Å². The number of rotatable bonds is 5. The Hall–Kier alpha value is -3.03. The van der Waals surface area contributed by atoms with Gasteiger partial charge in [-0.05, 0) is 57.6 Å². The van der Waals surface area contributed by atoms with Gasteiger partial charge >= 0.3 is 0 Å². The molecule has 3 aromatic rings. The number of hydrogen-bond acceptors (Lipinski definition) is 6. The van der Waals surface area contributed by atoms with Gasteiger partial charge in [-0.15, -0.1) is 0 Å². The lowest BCUT2D eigenvalue weighted by atomic mass is 9.94. The topological polar surface area (TPSA) is 94.1 Å². The molecule has 1 saturated heterocycles. The number of hydrogen-bond donors (Lipinski definition) is 0. The first-order valence-electron chi connectivity index (χ1n) is 11.2. The van der Waals surface area contributed by atoms with Crippen LogP contribution >= 0.6 is 0 Å². The summed E-state index contributed by atoms with van der Waals surface area (Å²) in [5.74, 6) is 1.99. The van der Waals surface area contributed by atoms with Gasteiger partial charge in [0, 0.05) is 43.9 Å². The third kappa shape index (κ3) is 3.86. The Bertz CT molecular complexity index is 1190. The van der Waals surface area contributed by atoms with Gasteiger partial charge < -0.3 is 14.0 Å². The molecule has 0 spiro atoms. The zero-order valence-corrected chi connectivity index (χ0v) is 18.0. The fraction of sp³-hybridized carbons (Fsp3) is 0.522. The van der Waals surface area contributed by atoms with Crippen molar-refractivity contribution in [1.29, 1.82) is 0 Å². The van der Waals surface area contributed by atoms with Crippen molar-refractivity contribution in [2.75, 3.05) is 13.1 Å². The van der Waals surface area contributed by atoms with Gasteiger partial charge in [0.25, 0.3) is 5.91 Å². The lowest BCUT2D eigenvalue weighted by molar-refractivity contribution is 0.0666. The predicted molar refractivity (Wildman–Crippen MR) is 115 cm³/mol. The van der Waals surface area contributed by atoms with Crippen molar-refractivity contribution in [3.63, 3.8) is 0 Å². The number of piperidine rings is 1. The number of carbonyl (C=O) groups is 1. The van der Waals surface area contributed by atoms with E-state index in [1.54, 1.807) is 17.2 Å². The van der Waals surface area contributed by atoms with E-state index in [0.29, 0.717) is 48.9 Å². The van der Waals surface area contributed by atoms with Gasteiger partial charge in [-0.2, -0.15) is 4.98 Å². The molecule has 0 bridgehead atoms. The predicted octanol–water partition coefficient (Wildman–Crippen LogP) is 3.08. The highest BCUT2D eigenvalue weighted by Gasteiger charge is 2.31. The SMILES string of the molecule is CCn1cc(C(=O)N2CCC[C@@H](Cc3nc(C4CC4)no3)C2)c(=O)c2ccc(C)nc21. The first-order valence-corrected chi connectivity index (χ1v) is 11.2. The van der Waals surface area contributed by atoms with Crippen molar-refractivity contribution in [2.24, 2.45) is 5.92 Å². The summed E-state index contributed by atoms with van der Waals surface area (Å²) in [6, 6.07) is 3.59. The lowest BCUT2D eigenvalue weighted by Gasteiger charge is -2.32. The molecule has 162 valence electrons. The minimum atomic E-state index is -0.245. The van der Waals surface area contributed by atoms with Crippen LogP contribution in [-0.2, 0) is 13.0 Å². The monoisotopic (exact) mass is 421 g/mol. The Kier molecular flexibility index (Phi) is 5.08. The molecule has 1 saturated carbocycles. The van der Waals surface area contributed by atoms with E-state index >= 15 is 0 Å². The van der Waals surface area contributed by atoms with E-state index in [1.807, 2.05) is 24.5 Å². The normalized spacial score (nSPS) is 19.2. The van der Waals surface area contributed by atoms with Gasteiger partial charge in [0.1, 0.15) is 11.2 Å². The maximum atomic E-state index is 13.3. The standard InChI is InChI=1S/C23H27N5O3/c1-3-27-13-18(20(29)17-9-6-14(2)24-22(17)27)23(30)28-10-4-5-15(12-28)11-19-25-21(26-31-19)16-7-8-16/h6,9,13,15-16H,3-5,7-8,10-12H2,1-2H3/t15-/m0/s1.